The fourth-order valence-corrected chi connectivity index (χ4v) is 3.59. The number of alkyl halides is 17. The Morgan fingerprint density at radius 3 is 1.36 bits per heavy atom. The molecule has 0 unspecified atom stereocenters. The number of nitrogens with one attached hydrogen (secondary N) is 1. The number of esters is 1. The lowest BCUT2D eigenvalue weighted by Crippen LogP contribution is -2.75. The van der Waals surface area contributed by atoms with Crippen LogP contribution in [-0.2, 0) is 9.53 Å². The van der Waals surface area contributed by atoms with Crippen molar-refractivity contribution in [1.29, 1.82) is 0 Å². The molecule has 0 saturated carbocycles. The second-order valence-corrected chi connectivity index (χ2v) is 8.68. The van der Waals surface area contributed by atoms with E-state index in [4.69, 9.17) is 0 Å². The van der Waals surface area contributed by atoms with Gasteiger partial charge in [-0.05, 0) is 19.4 Å². The maximum Gasteiger partial charge on any atom is 0.460 e. The van der Waals surface area contributed by atoms with E-state index in [2.05, 4.69) is 4.74 Å². The van der Waals surface area contributed by atoms with Crippen LogP contribution in [0.25, 0.3) is 0 Å². The molecule has 0 bridgehead atoms. The lowest BCUT2D eigenvalue weighted by molar-refractivity contribution is -0.459. The van der Waals surface area contributed by atoms with Crippen molar-refractivity contribution in [3.05, 3.63) is 16.0 Å². The first-order chi connectivity index (χ1) is 16.9. The summed E-state index contributed by atoms with van der Waals surface area (Å²) in [6.07, 6.45) is -7.87. The summed E-state index contributed by atoms with van der Waals surface area (Å²) in [4.78, 5) is 23.4. The summed E-state index contributed by atoms with van der Waals surface area (Å²) in [5.41, 5.74) is -1.06. The topological polar surface area (TPSA) is 55.4 Å². The molecule has 1 amide bonds. The number of rotatable bonds is 9. The molecule has 39 heavy (non-hydrogen) atoms. The first-order valence-corrected chi connectivity index (χ1v) is 9.96. The van der Waals surface area contributed by atoms with E-state index in [9.17, 15) is 84.2 Å². The molecule has 0 aliphatic carbocycles. The van der Waals surface area contributed by atoms with Crippen LogP contribution in [0.1, 0.15) is 20.8 Å². The number of anilines is 1. The molecule has 1 aromatic rings. The lowest BCUT2D eigenvalue weighted by Gasteiger charge is -2.42. The van der Waals surface area contributed by atoms with Gasteiger partial charge in [0.05, 0.1) is 12.7 Å². The Hall–Kier alpha value is -2.55. The van der Waals surface area contributed by atoms with E-state index in [1.807, 2.05) is 0 Å². The fraction of sp³-hybridized carbons (Fsp3) is 0.647. The van der Waals surface area contributed by atoms with Crippen LogP contribution >= 0.6 is 11.3 Å². The number of carbonyl (C=O) groups excluding carboxylic acids is 2. The third-order valence-electron chi connectivity index (χ3n) is 5.01. The van der Waals surface area contributed by atoms with Gasteiger partial charge in [-0.15, -0.1) is 11.3 Å². The standard InChI is InChI=1S/C17H10F17NO3S/c1-4-5(2)39-7(6(4)8(36)38-3)35-9(37)10(18,19)11(20,21)12(22,23)13(24,25)14(26,27)15(28,29)16(30,31)17(32,33)34/h1-3H3,(H,35,37). The monoisotopic (exact) mass is 631 g/mol. The third kappa shape index (κ3) is 4.64. The zero-order valence-corrected chi connectivity index (χ0v) is 19.4. The van der Waals surface area contributed by atoms with E-state index in [0.717, 1.165) is 19.2 Å². The Labute approximate surface area is 208 Å². The highest BCUT2D eigenvalue weighted by molar-refractivity contribution is 7.16. The zero-order valence-electron chi connectivity index (χ0n) is 18.6. The molecule has 1 N–H and O–H groups in total. The third-order valence-corrected chi connectivity index (χ3v) is 6.13. The molecule has 1 heterocycles. The highest BCUT2D eigenvalue weighted by atomic mass is 32.1. The Morgan fingerprint density at radius 2 is 1.00 bits per heavy atom. The van der Waals surface area contributed by atoms with Crippen LogP contribution in [-0.4, -0.2) is 66.6 Å². The van der Waals surface area contributed by atoms with Gasteiger partial charge in [0, 0.05) is 4.88 Å². The van der Waals surface area contributed by atoms with Gasteiger partial charge < -0.3 is 10.1 Å². The average molecular weight is 631 g/mol. The quantitative estimate of drug-likeness (QED) is 0.234. The normalized spacial score (nSPS) is 14.9. The molecule has 0 fully saturated rings. The number of carbonyl (C=O) groups is 2. The van der Waals surface area contributed by atoms with Crippen molar-refractivity contribution in [3.8, 4) is 0 Å². The van der Waals surface area contributed by atoms with Gasteiger partial charge in [-0.2, -0.15) is 74.6 Å². The molecule has 1 rings (SSSR count). The Kier molecular flexibility index (Phi) is 8.42. The summed E-state index contributed by atoms with van der Waals surface area (Å²) in [5.74, 6) is -63.9. The Balaban J connectivity index is 3.66. The Morgan fingerprint density at radius 1 is 0.641 bits per heavy atom. The van der Waals surface area contributed by atoms with Crippen molar-refractivity contribution >= 4 is 28.2 Å². The maximum atomic E-state index is 14.1. The minimum Gasteiger partial charge on any atom is -0.465 e. The van der Waals surface area contributed by atoms with Crippen LogP contribution in [0.2, 0.25) is 0 Å². The van der Waals surface area contributed by atoms with Gasteiger partial charge in [-0.25, -0.2) is 4.79 Å². The summed E-state index contributed by atoms with van der Waals surface area (Å²) in [6, 6.07) is 0. The Bertz CT molecular complexity index is 1120. The molecule has 4 nitrogen and oxygen atoms in total. The first kappa shape index (κ1) is 34.5. The number of halogens is 17. The van der Waals surface area contributed by atoms with E-state index in [1.165, 1.54) is 0 Å². The van der Waals surface area contributed by atoms with Crippen molar-refractivity contribution in [1.82, 2.24) is 0 Å². The first-order valence-electron chi connectivity index (χ1n) is 9.14. The predicted molar refractivity (Wildman–Crippen MR) is 94.4 cm³/mol. The highest BCUT2D eigenvalue weighted by Gasteiger charge is 2.95. The summed E-state index contributed by atoms with van der Waals surface area (Å²) in [5, 5.41) is -0.436. The lowest BCUT2D eigenvalue weighted by atomic mass is 9.89. The second-order valence-electron chi connectivity index (χ2n) is 7.45. The molecule has 22 heteroatoms. The molecule has 0 atom stereocenters. The van der Waals surface area contributed by atoms with Gasteiger partial charge in [0.1, 0.15) is 5.00 Å². The number of methoxy groups -OCH3 is 1. The number of thiophene rings is 1. The van der Waals surface area contributed by atoms with E-state index in [1.54, 1.807) is 0 Å². The van der Waals surface area contributed by atoms with Gasteiger partial charge in [-0.3, -0.25) is 4.79 Å². The number of hydrogen-bond acceptors (Lipinski definition) is 4. The SMILES string of the molecule is COC(=O)c1c(NC(=O)C(F)(F)C(F)(F)C(F)(F)C(F)(F)C(F)(F)C(F)(F)C(F)(F)C(F)(F)F)sc(C)c1C. The van der Waals surface area contributed by atoms with Crippen LogP contribution < -0.4 is 5.32 Å². The molecule has 0 aliphatic rings. The van der Waals surface area contributed by atoms with E-state index in [0.29, 0.717) is 7.11 Å². The minimum atomic E-state index is -8.81. The maximum absolute atomic E-state index is 14.1. The molecular formula is C17H10F17NO3S. The largest absolute Gasteiger partial charge is 0.465 e. The second kappa shape index (κ2) is 9.53. The van der Waals surface area contributed by atoms with Crippen molar-refractivity contribution in [3.63, 3.8) is 0 Å². The molecule has 0 aliphatic heterocycles. The van der Waals surface area contributed by atoms with Gasteiger partial charge >= 0.3 is 59.5 Å². The van der Waals surface area contributed by atoms with Gasteiger partial charge in [0.2, 0.25) is 0 Å². The van der Waals surface area contributed by atoms with Crippen molar-refractivity contribution < 1.29 is 89.0 Å². The summed E-state index contributed by atoms with van der Waals surface area (Å²) < 4.78 is 231. The molecular weight excluding hydrogens is 621 g/mol. The van der Waals surface area contributed by atoms with E-state index in [-0.39, 0.29) is 21.8 Å². The average Bonchev–Trinajstić information content (AvgIpc) is 3.04. The van der Waals surface area contributed by atoms with Gasteiger partial charge in [0.15, 0.2) is 0 Å². The highest BCUT2D eigenvalue weighted by Crippen LogP contribution is 2.64. The number of amides is 1. The fourth-order valence-electron chi connectivity index (χ4n) is 2.55. The predicted octanol–water partition coefficient (Wildman–Crippen LogP) is 7.10. The molecule has 0 saturated heterocycles. The van der Waals surface area contributed by atoms with Gasteiger partial charge in [-0.1, -0.05) is 0 Å². The van der Waals surface area contributed by atoms with Crippen LogP contribution in [0.3, 0.4) is 0 Å². The van der Waals surface area contributed by atoms with E-state index >= 15 is 0 Å². The van der Waals surface area contributed by atoms with Crippen molar-refractivity contribution in [2.45, 2.75) is 61.5 Å². The molecule has 226 valence electrons. The molecule has 0 spiro atoms. The minimum absolute atomic E-state index is 0.0508. The van der Waals surface area contributed by atoms with Crippen molar-refractivity contribution in [2.24, 2.45) is 0 Å². The van der Waals surface area contributed by atoms with Gasteiger partial charge in [0.25, 0.3) is 0 Å². The summed E-state index contributed by atoms with van der Waals surface area (Å²) in [7, 11) is 0.671. The number of aryl methyl sites for hydroxylation is 1. The summed E-state index contributed by atoms with van der Waals surface area (Å²) >= 11 is 0.110. The van der Waals surface area contributed by atoms with Crippen LogP contribution in [0.5, 0.6) is 0 Å². The van der Waals surface area contributed by atoms with Crippen LogP contribution in [0, 0.1) is 13.8 Å². The zero-order chi connectivity index (χ0) is 31.6. The number of ether oxygens (including phenoxy) is 1. The molecule has 0 radical (unpaired) electrons. The number of hydrogen-bond donors (Lipinski definition) is 1. The molecule has 1 aromatic heterocycles. The van der Waals surface area contributed by atoms with Crippen molar-refractivity contribution in [2.75, 3.05) is 12.4 Å². The summed E-state index contributed by atoms with van der Waals surface area (Å²) in [6.45, 7) is 2.16. The smallest absolute Gasteiger partial charge is 0.460 e. The molecule has 0 aromatic carbocycles. The van der Waals surface area contributed by atoms with Crippen LogP contribution in [0.4, 0.5) is 79.6 Å². The van der Waals surface area contributed by atoms with Crippen LogP contribution in [0.15, 0.2) is 0 Å². The van der Waals surface area contributed by atoms with E-state index < -0.39 is 70.1 Å².